The lowest BCUT2D eigenvalue weighted by Crippen LogP contribution is -2.06. The van der Waals surface area contributed by atoms with Crippen molar-refractivity contribution in [2.24, 2.45) is 5.84 Å². The largest absolute Gasteiger partial charge is 0.300 e. The molecular weight excluding hydrogens is 266 g/mol. The van der Waals surface area contributed by atoms with E-state index in [0.717, 1.165) is 17.2 Å². The molecule has 2 aromatic carbocycles. The van der Waals surface area contributed by atoms with Gasteiger partial charge >= 0.3 is 0 Å². The van der Waals surface area contributed by atoms with Gasteiger partial charge in [0.15, 0.2) is 5.13 Å². The maximum Gasteiger partial charge on any atom is 0.197 e. The molecule has 0 saturated heterocycles. The molecule has 0 fully saturated rings. The van der Waals surface area contributed by atoms with Crippen LogP contribution in [0.15, 0.2) is 60.7 Å². The van der Waals surface area contributed by atoms with Gasteiger partial charge in [-0.05, 0) is 11.1 Å². The third-order valence-electron chi connectivity index (χ3n) is 3.07. The Morgan fingerprint density at radius 2 is 1.60 bits per heavy atom. The highest BCUT2D eigenvalue weighted by Gasteiger charge is 2.12. The second-order valence-corrected chi connectivity index (χ2v) is 5.47. The molecule has 0 saturated carbocycles. The standard InChI is InChI=1S/C16H15N3S/c17-19-16-18-14(11-12-7-3-1-4-8-12)15(20-16)13-9-5-2-6-10-13/h1-10H,11,17H2,(H,18,19). The molecule has 1 aromatic heterocycles. The average Bonchev–Trinajstić information content (AvgIpc) is 2.92. The summed E-state index contributed by atoms with van der Waals surface area (Å²) in [5.74, 6) is 5.50. The summed E-state index contributed by atoms with van der Waals surface area (Å²) in [6, 6.07) is 20.6. The van der Waals surface area contributed by atoms with Crippen LogP contribution in [0, 0.1) is 0 Å². The van der Waals surface area contributed by atoms with Crippen LogP contribution in [0.1, 0.15) is 11.3 Å². The molecule has 0 atom stereocenters. The molecule has 3 N–H and O–H groups in total. The average molecular weight is 281 g/mol. The lowest BCUT2D eigenvalue weighted by Gasteiger charge is -2.02. The highest BCUT2D eigenvalue weighted by Crippen LogP contribution is 2.33. The van der Waals surface area contributed by atoms with Crippen molar-refractivity contribution in [3.05, 3.63) is 71.9 Å². The normalized spacial score (nSPS) is 10.4. The first-order valence-corrected chi connectivity index (χ1v) is 7.24. The van der Waals surface area contributed by atoms with Crippen LogP contribution in [0.25, 0.3) is 10.4 Å². The van der Waals surface area contributed by atoms with Gasteiger partial charge < -0.3 is 0 Å². The van der Waals surface area contributed by atoms with Crippen LogP contribution < -0.4 is 11.3 Å². The highest BCUT2D eigenvalue weighted by atomic mass is 32.1. The number of hydrogen-bond donors (Lipinski definition) is 2. The van der Waals surface area contributed by atoms with Crippen molar-refractivity contribution in [2.45, 2.75) is 6.42 Å². The van der Waals surface area contributed by atoms with Crippen LogP contribution in [0.5, 0.6) is 0 Å². The molecule has 0 aliphatic heterocycles. The fourth-order valence-electron chi connectivity index (χ4n) is 2.14. The maximum absolute atomic E-state index is 5.50. The first-order chi connectivity index (χ1) is 9.86. The van der Waals surface area contributed by atoms with Crippen LogP contribution in [-0.2, 0) is 6.42 Å². The van der Waals surface area contributed by atoms with Crippen molar-refractivity contribution < 1.29 is 0 Å². The van der Waals surface area contributed by atoms with Crippen molar-refractivity contribution >= 4 is 16.5 Å². The second kappa shape index (κ2) is 5.86. The molecule has 20 heavy (non-hydrogen) atoms. The van der Waals surface area contributed by atoms with Crippen molar-refractivity contribution in [1.82, 2.24) is 4.98 Å². The van der Waals surface area contributed by atoms with Gasteiger partial charge in [0.05, 0.1) is 10.6 Å². The Bertz CT molecular complexity index is 677. The molecule has 4 heteroatoms. The summed E-state index contributed by atoms with van der Waals surface area (Å²) in [5, 5.41) is 0.745. The van der Waals surface area contributed by atoms with E-state index in [4.69, 9.17) is 5.84 Å². The Hall–Kier alpha value is -2.17. The van der Waals surface area contributed by atoms with Crippen LogP contribution in [-0.4, -0.2) is 4.98 Å². The maximum atomic E-state index is 5.50. The number of thiazole rings is 1. The molecule has 0 radical (unpaired) electrons. The number of nitrogens with zero attached hydrogens (tertiary/aromatic N) is 1. The molecular formula is C16H15N3S. The van der Waals surface area contributed by atoms with Gasteiger partial charge in [-0.25, -0.2) is 10.8 Å². The topological polar surface area (TPSA) is 50.9 Å². The minimum absolute atomic E-state index is 0.745. The van der Waals surface area contributed by atoms with Gasteiger partial charge in [0.1, 0.15) is 0 Å². The van der Waals surface area contributed by atoms with E-state index in [-0.39, 0.29) is 0 Å². The molecule has 0 aliphatic rings. The van der Waals surface area contributed by atoms with E-state index in [2.05, 4.69) is 34.7 Å². The molecule has 1 heterocycles. The monoisotopic (exact) mass is 281 g/mol. The lowest BCUT2D eigenvalue weighted by atomic mass is 10.1. The molecule has 0 bridgehead atoms. The Balaban J connectivity index is 2.00. The fraction of sp³-hybridized carbons (Fsp3) is 0.0625. The SMILES string of the molecule is NNc1nc(Cc2ccccc2)c(-c2ccccc2)s1. The summed E-state index contributed by atoms with van der Waals surface area (Å²) in [5.41, 5.74) is 6.13. The quantitative estimate of drug-likeness (QED) is 0.566. The summed E-state index contributed by atoms with van der Waals surface area (Å²) in [4.78, 5) is 5.75. The van der Waals surface area contributed by atoms with E-state index in [0.29, 0.717) is 0 Å². The van der Waals surface area contributed by atoms with Crippen LogP contribution in [0.2, 0.25) is 0 Å². The number of hydrazine groups is 1. The number of aromatic nitrogens is 1. The molecule has 0 aliphatic carbocycles. The predicted molar refractivity (Wildman–Crippen MR) is 84.6 cm³/mol. The van der Waals surface area contributed by atoms with Crippen LogP contribution >= 0.6 is 11.3 Å². The molecule has 100 valence electrons. The van der Waals surface area contributed by atoms with Gasteiger partial charge in [0.25, 0.3) is 0 Å². The number of nitrogens with two attached hydrogens (primary N) is 1. The molecule has 3 rings (SSSR count). The second-order valence-electron chi connectivity index (χ2n) is 4.47. The third-order valence-corrected chi connectivity index (χ3v) is 4.15. The first kappa shape index (κ1) is 12.8. The molecule has 3 nitrogen and oxygen atoms in total. The summed E-state index contributed by atoms with van der Waals surface area (Å²) < 4.78 is 0. The Labute approximate surface area is 122 Å². The zero-order valence-corrected chi connectivity index (χ0v) is 11.7. The Morgan fingerprint density at radius 1 is 0.950 bits per heavy atom. The minimum Gasteiger partial charge on any atom is -0.300 e. The molecule has 0 unspecified atom stereocenters. The van der Waals surface area contributed by atoms with E-state index in [1.165, 1.54) is 16.0 Å². The minimum atomic E-state index is 0.745. The lowest BCUT2D eigenvalue weighted by molar-refractivity contribution is 1.10. The van der Waals surface area contributed by atoms with Crippen molar-refractivity contribution in [1.29, 1.82) is 0 Å². The Kier molecular flexibility index (Phi) is 3.76. The van der Waals surface area contributed by atoms with Gasteiger partial charge in [0, 0.05) is 6.42 Å². The first-order valence-electron chi connectivity index (χ1n) is 6.42. The molecule has 0 amide bonds. The molecule has 3 aromatic rings. The highest BCUT2D eigenvalue weighted by molar-refractivity contribution is 7.19. The van der Waals surface area contributed by atoms with Crippen LogP contribution in [0.4, 0.5) is 5.13 Å². The number of benzene rings is 2. The number of anilines is 1. The fourth-order valence-corrected chi connectivity index (χ4v) is 3.04. The van der Waals surface area contributed by atoms with Crippen molar-refractivity contribution in [3.63, 3.8) is 0 Å². The Morgan fingerprint density at radius 3 is 2.25 bits per heavy atom. The van der Waals surface area contributed by atoms with E-state index < -0.39 is 0 Å². The van der Waals surface area contributed by atoms with Gasteiger partial charge in [-0.15, -0.1) is 0 Å². The number of nitrogens with one attached hydrogen (secondary N) is 1. The third kappa shape index (κ3) is 2.71. The number of nitrogen functional groups attached to an aromatic ring is 1. The predicted octanol–water partition coefficient (Wildman–Crippen LogP) is 3.69. The van der Waals surface area contributed by atoms with Gasteiger partial charge in [0.2, 0.25) is 0 Å². The smallest absolute Gasteiger partial charge is 0.197 e. The van der Waals surface area contributed by atoms with E-state index in [1.54, 1.807) is 11.3 Å². The zero-order valence-electron chi connectivity index (χ0n) is 10.9. The van der Waals surface area contributed by atoms with E-state index in [9.17, 15) is 0 Å². The van der Waals surface area contributed by atoms with Crippen LogP contribution in [0.3, 0.4) is 0 Å². The van der Waals surface area contributed by atoms with Gasteiger partial charge in [-0.1, -0.05) is 72.0 Å². The van der Waals surface area contributed by atoms with Gasteiger partial charge in [-0.3, -0.25) is 5.43 Å². The summed E-state index contributed by atoms with van der Waals surface area (Å²) in [7, 11) is 0. The summed E-state index contributed by atoms with van der Waals surface area (Å²) in [6.45, 7) is 0. The number of rotatable bonds is 4. The van der Waals surface area contributed by atoms with Crippen molar-refractivity contribution in [2.75, 3.05) is 5.43 Å². The zero-order chi connectivity index (χ0) is 13.8. The molecule has 0 spiro atoms. The van der Waals surface area contributed by atoms with Gasteiger partial charge in [-0.2, -0.15) is 0 Å². The summed E-state index contributed by atoms with van der Waals surface area (Å²) in [6.07, 6.45) is 0.809. The summed E-state index contributed by atoms with van der Waals surface area (Å²) >= 11 is 1.58. The van der Waals surface area contributed by atoms with E-state index >= 15 is 0 Å². The van der Waals surface area contributed by atoms with Crippen molar-refractivity contribution in [3.8, 4) is 10.4 Å². The number of hydrogen-bond acceptors (Lipinski definition) is 4. The van der Waals surface area contributed by atoms with E-state index in [1.807, 2.05) is 36.4 Å².